The molecule has 0 spiro atoms. The second-order valence-corrected chi connectivity index (χ2v) is 3.96. The van der Waals surface area contributed by atoms with Crippen molar-refractivity contribution < 1.29 is 18.0 Å². The Balaban J connectivity index is 2.19. The number of alkyl halides is 3. The fourth-order valence-corrected chi connectivity index (χ4v) is 1.88. The van der Waals surface area contributed by atoms with Gasteiger partial charge in [0.1, 0.15) is 5.82 Å². The molecule has 0 fully saturated rings. The molecule has 3 nitrogen and oxygen atoms in total. The predicted octanol–water partition coefficient (Wildman–Crippen LogP) is 2.59. The molecule has 0 amide bonds. The van der Waals surface area contributed by atoms with Crippen LogP contribution in [0.15, 0.2) is 30.0 Å². The molecule has 0 aliphatic carbocycles. The van der Waals surface area contributed by atoms with Crippen LogP contribution in [0, 0.1) is 0 Å². The average molecular weight is 256 g/mol. The third kappa shape index (κ3) is 2.52. The smallest absolute Gasteiger partial charge is 0.352 e. The minimum Gasteiger partial charge on any atom is -0.352 e. The number of nitrogens with zero attached hydrogens (tertiary/aromatic N) is 2. The van der Waals surface area contributed by atoms with Crippen molar-refractivity contribution in [3.8, 4) is 0 Å². The summed E-state index contributed by atoms with van der Waals surface area (Å²) < 4.78 is 37.4. The van der Waals surface area contributed by atoms with E-state index in [4.69, 9.17) is 0 Å². The van der Waals surface area contributed by atoms with Gasteiger partial charge in [0.05, 0.1) is 5.56 Å². The number of aldehydes is 1. The first-order chi connectivity index (χ1) is 8.52. The maximum Gasteiger partial charge on any atom is 0.412 e. The highest BCUT2D eigenvalue weighted by Gasteiger charge is 2.35. The van der Waals surface area contributed by atoms with Gasteiger partial charge in [-0.25, -0.2) is 4.98 Å². The van der Waals surface area contributed by atoms with E-state index in [1.165, 1.54) is 6.20 Å². The van der Waals surface area contributed by atoms with E-state index < -0.39 is 11.7 Å². The van der Waals surface area contributed by atoms with Gasteiger partial charge in [0.25, 0.3) is 0 Å². The summed E-state index contributed by atoms with van der Waals surface area (Å²) in [6.45, 7) is 0.329. The van der Waals surface area contributed by atoms with Gasteiger partial charge in [0.2, 0.25) is 0 Å². The molecule has 0 aromatic carbocycles. The Morgan fingerprint density at radius 1 is 1.39 bits per heavy atom. The summed E-state index contributed by atoms with van der Waals surface area (Å²) in [4.78, 5) is 16.5. The van der Waals surface area contributed by atoms with Gasteiger partial charge < -0.3 is 4.90 Å². The molecule has 0 N–H and O–H groups in total. The lowest BCUT2D eigenvalue weighted by atomic mass is 10.1. The zero-order chi connectivity index (χ0) is 13.2. The first-order valence-electron chi connectivity index (χ1n) is 5.44. The number of halogens is 3. The van der Waals surface area contributed by atoms with Crippen LogP contribution in [0.1, 0.15) is 16.8 Å². The maximum absolute atomic E-state index is 12.5. The topological polar surface area (TPSA) is 33.2 Å². The van der Waals surface area contributed by atoms with E-state index in [-0.39, 0.29) is 19.5 Å². The van der Waals surface area contributed by atoms with Crippen molar-refractivity contribution in [2.24, 2.45) is 0 Å². The molecule has 0 unspecified atom stereocenters. The average Bonchev–Trinajstić information content (AvgIpc) is 2.38. The Morgan fingerprint density at radius 2 is 2.17 bits per heavy atom. The normalized spacial score (nSPS) is 16.4. The van der Waals surface area contributed by atoms with Crippen LogP contribution >= 0.6 is 0 Å². The summed E-state index contributed by atoms with van der Waals surface area (Å²) in [5.74, 6) is 0.435. The number of hydrogen-bond donors (Lipinski definition) is 0. The van der Waals surface area contributed by atoms with Crippen molar-refractivity contribution in [1.82, 2.24) is 4.98 Å². The minimum atomic E-state index is -4.26. The fourth-order valence-electron chi connectivity index (χ4n) is 1.88. The van der Waals surface area contributed by atoms with Gasteiger partial charge in [-0.1, -0.05) is 6.08 Å². The number of carbonyl (C=O) groups excluding carboxylic acids is 1. The van der Waals surface area contributed by atoms with Crippen molar-refractivity contribution in [2.45, 2.75) is 12.6 Å². The van der Waals surface area contributed by atoms with Gasteiger partial charge in [0, 0.05) is 24.9 Å². The van der Waals surface area contributed by atoms with E-state index in [2.05, 4.69) is 4.98 Å². The lowest BCUT2D eigenvalue weighted by Gasteiger charge is -2.28. The number of hydrogen-bond acceptors (Lipinski definition) is 3. The molecule has 0 saturated carbocycles. The molecule has 2 rings (SSSR count). The Kier molecular flexibility index (Phi) is 3.36. The Morgan fingerprint density at radius 3 is 2.72 bits per heavy atom. The molecule has 1 aliphatic rings. The Bertz CT molecular complexity index is 482. The zero-order valence-corrected chi connectivity index (χ0v) is 9.44. The van der Waals surface area contributed by atoms with Crippen LogP contribution in [0.2, 0.25) is 0 Å². The van der Waals surface area contributed by atoms with E-state index in [9.17, 15) is 18.0 Å². The molecule has 0 atom stereocenters. The highest BCUT2D eigenvalue weighted by molar-refractivity contribution is 5.82. The number of anilines is 1. The van der Waals surface area contributed by atoms with Gasteiger partial charge >= 0.3 is 6.18 Å². The van der Waals surface area contributed by atoms with Crippen LogP contribution in [-0.2, 0) is 0 Å². The number of aromatic nitrogens is 1. The molecule has 0 bridgehead atoms. The molecule has 1 aromatic rings. The lowest BCUT2D eigenvalue weighted by Crippen LogP contribution is -2.33. The van der Waals surface area contributed by atoms with Crippen LogP contribution < -0.4 is 4.90 Å². The van der Waals surface area contributed by atoms with Gasteiger partial charge in [-0.3, -0.25) is 4.79 Å². The highest BCUT2D eigenvalue weighted by atomic mass is 19.4. The standard InChI is InChI=1S/C12H11F3N2O/c13-12(14,15)10-3-6-17(7-4-10)11-9(8-18)2-1-5-16-11/h1-3,5,8H,4,6-7H2. The maximum atomic E-state index is 12.5. The number of carbonyl (C=O) groups is 1. The predicted molar refractivity (Wildman–Crippen MR) is 60.6 cm³/mol. The van der Waals surface area contributed by atoms with Crippen molar-refractivity contribution in [3.63, 3.8) is 0 Å². The lowest BCUT2D eigenvalue weighted by molar-refractivity contribution is -0.0944. The van der Waals surface area contributed by atoms with Gasteiger partial charge in [0.15, 0.2) is 6.29 Å². The fraction of sp³-hybridized carbons (Fsp3) is 0.333. The Labute approximate surface area is 102 Å². The van der Waals surface area contributed by atoms with E-state index in [0.29, 0.717) is 17.7 Å². The Hall–Kier alpha value is -1.85. The van der Waals surface area contributed by atoms with E-state index >= 15 is 0 Å². The summed E-state index contributed by atoms with van der Waals surface area (Å²) in [5.41, 5.74) is -0.122. The zero-order valence-electron chi connectivity index (χ0n) is 9.44. The highest BCUT2D eigenvalue weighted by Crippen LogP contribution is 2.31. The van der Waals surface area contributed by atoms with E-state index in [1.807, 2.05) is 0 Å². The second kappa shape index (κ2) is 4.80. The van der Waals surface area contributed by atoms with Gasteiger partial charge in [-0.2, -0.15) is 13.2 Å². The molecule has 0 radical (unpaired) electrons. The molecule has 6 heteroatoms. The molecule has 1 aromatic heterocycles. The first kappa shape index (κ1) is 12.6. The van der Waals surface area contributed by atoms with E-state index in [0.717, 1.165) is 6.08 Å². The molecule has 0 saturated heterocycles. The quantitative estimate of drug-likeness (QED) is 0.602. The van der Waals surface area contributed by atoms with Crippen LogP contribution in [0.3, 0.4) is 0 Å². The summed E-state index contributed by atoms with van der Waals surface area (Å²) >= 11 is 0. The number of rotatable bonds is 2. The third-order valence-corrected chi connectivity index (χ3v) is 2.82. The van der Waals surface area contributed by atoms with Crippen molar-refractivity contribution in [2.75, 3.05) is 18.0 Å². The minimum absolute atomic E-state index is 0.0849. The first-order valence-corrected chi connectivity index (χ1v) is 5.44. The third-order valence-electron chi connectivity index (χ3n) is 2.82. The largest absolute Gasteiger partial charge is 0.412 e. The monoisotopic (exact) mass is 256 g/mol. The van der Waals surface area contributed by atoms with Crippen molar-refractivity contribution >= 4 is 12.1 Å². The van der Waals surface area contributed by atoms with Crippen molar-refractivity contribution in [3.05, 3.63) is 35.5 Å². The van der Waals surface area contributed by atoms with Crippen LogP contribution in [-0.4, -0.2) is 30.5 Å². The van der Waals surface area contributed by atoms with Crippen LogP contribution in [0.4, 0.5) is 19.0 Å². The molecule has 18 heavy (non-hydrogen) atoms. The summed E-state index contributed by atoms with van der Waals surface area (Å²) in [7, 11) is 0. The summed E-state index contributed by atoms with van der Waals surface area (Å²) in [5, 5.41) is 0. The summed E-state index contributed by atoms with van der Waals surface area (Å²) in [6, 6.07) is 3.21. The molecular formula is C12H11F3N2O. The van der Waals surface area contributed by atoms with Gasteiger partial charge in [-0.05, 0) is 18.6 Å². The SMILES string of the molecule is O=Cc1cccnc1N1CC=C(C(F)(F)F)CC1. The molecule has 96 valence electrons. The van der Waals surface area contributed by atoms with Crippen LogP contribution in [0.25, 0.3) is 0 Å². The van der Waals surface area contributed by atoms with Crippen molar-refractivity contribution in [1.29, 1.82) is 0 Å². The molecular weight excluding hydrogens is 245 g/mol. The second-order valence-electron chi connectivity index (χ2n) is 3.96. The van der Waals surface area contributed by atoms with Crippen LogP contribution in [0.5, 0.6) is 0 Å². The van der Waals surface area contributed by atoms with Gasteiger partial charge in [-0.15, -0.1) is 0 Å². The number of pyridine rings is 1. The molecule has 1 aliphatic heterocycles. The molecule has 2 heterocycles. The summed E-state index contributed by atoms with van der Waals surface area (Å²) in [6.07, 6.45) is -1.02. The van der Waals surface area contributed by atoms with E-state index in [1.54, 1.807) is 17.0 Å².